The van der Waals surface area contributed by atoms with E-state index in [9.17, 15) is 14.3 Å². The summed E-state index contributed by atoms with van der Waals surface area (Å²) in [5.41, 5.74) is 5.34. The van der Waals surface area contributed by atoms with Gasteiger partial charge in [-0.25, -0.2) is 9.38 Å². The summed E-state index contributed by atoms with van der Waals surface area (Å²) in [6.45, 7) is 8.75. The lowest BCUT2D eigenvalue weighted by Gasteiger charge is -2.32. The number of hydrazine groups is 1. The molecule has 2 aliphatic heterocycles. The molecule has 3 radical (unpaired) electrons. The van der Waals surface area contributed by atoms with Gasteiger partial charge >= 0.3 is 0 Å². The Bertz CT molecular complexity index is 1400. The van der Waals surface area contributed by atoms with Crippen LogP contribution in [0.1, 0.15) is 51.4 Å². The summed E-state index contributed by atoms with van der Waals surface area (Å²) in [7, 11) is 6.91. The number of hydrogen-bond acceptors (Lipinski definition) is 7. The second-order valence-electron chi connectivity index (χ2n) is 10.9. The Hall–Kier alpha value is -3.43. The fourth-order valence-corrected chi connectivity index (χ4v) is 5.74. The van der Waals surface area contributed by atoms with E-state index < -0.39 is 23.7 Å². The van der Waals surface area contributed by atoms with Gasteiger partial charge < -0.3 is 20.0 Å². The van der Waals surface area contributed by atoms with Gasteiger partial charge in [-0.05, 0) is 36.1 Å². The summed E-state index contributed by atoms with van der Waals surface area (Å²) in [4.78, 5) is 20.7. The predicted molar refractivity (Wildman–Crippen MR) is 153 cm³/mol. The number of carbonyl (C=O) groups excluding carboxylic acids is 1. The number of aliphatic hydroxyl groups excluding tert-OH is 1. The van der Waals surface area contributed by atoms with Crippen molar-refractivity contribution in [3.05, 3.63) is 71.7 Å². The molecule has 1 saturated heterocycles. The zero-order valence-corrected chi connectivity index (χ0v) is 23.2. The smallest absolute Gasteiger partial charge is 0.234 e. The molecule has 2 N–H and O–H groups in total. The molecule has 8 nitrogen and oxygen atoms in total. The van der Waals surface area contributed by atoms with E-state index in [4.69, 9.17) is 17.3 Å². The lowest BCUT2D eigenvalue weighted by molar-refractivity contribution is -0.134. The lowest BCUT2D eigenvalue weighted by Crippen LogP contribution is -2.51. The maximum absolute atomic E-state index is 14.4. The molecule has 5 rings (SSSR count). The summed E-state index contributed by atoms with van der Waals surface area (Å²) >= 11 is 0. The van der Waals surface area contributed by atoms with Gasteiger partial charge in [0, 0.05) is 38.4 Å². The highest BCUT2D eigenvalue weighted by atomic mass is 19.1. The van der Waals surface area contributed by atoms with E-state index in [1.165, 1.54) is 13.2 Å². The molecule has 11 heteroatoms. The summed E-state index contributed by atoms with van der Waals surface area (Å²) in [6, 6.07) is 15.6. The first-order valence-electron chi connectivity index (χ1n) is 13.7. The number of aromatic nitrogens is 1. The standard InChI is InChI=1S/C29H33B2FN5O3/c1-5-37-29(4,19-12-10-18(11-13-19)21-8-6-7-9-22(21)32)33-27(34-37)23-14-20(38)16-36(23)28(39)26(17(2)3)24-15-25(31-30)35-40-24/h6-13,15,17,20,23,26,38H,5,14,16H2,1-4H3,(H,33,34)/t20-,23+,26?,29-/m1/s1. The molecule has 1 unspecified atom stereocenters. The first-order chi connectivity index (χ1) is 19.2. The zero-order chi connectivity index (χ0) is 28.6. The van der Waals surface area contributed by atoms with Crippen LogP contribution in [-0.4, -0.2) is 72.1 Å². The number of β-amino-alcohol motifs (C(OH)–C–C–N with tert-alkyl or cyclic N) is 1. The molecule has 1 amide bonds. The van der Waals surface area contributed by atoms with Crippen molar-refractivity contribution in [1.29, 1.82) is 0 Å². The van der Waals surface area contributed by atoms with Crippen molar-refractivity contribution in [3.8, 4) is 11.1 Å². The third-order valence-electron chi connectivity index (χ3n) is 7.88. The number of amidine groups is 1. The van der Waals surface area contributed by atoms with Crippen LogP contribution in [0.2, 0.25) is 0 Å². The quantitative estimate of drug-likeness (QED) is 0.427. The van der Waals surface area contributed by atoms with Crippen molar-refractivity contribution in [2.75, 3.05) is 13.1 Å². The highest BCUT2D eigenvalue weighted by Crippen LogP contribution is 2.37. The van der Waals surface area contributed by atoms with E-state index in [0.29, 0.717) is 35.7 Å². The molecule has 0 bridgehead atoms. The number of amides is 1. The Morgan fingerprint density at radius 1 is 1.27 bits per heavy atom. The highest BCUT2D eigenvalue weighted by molar-refractivity contribution is 6.97. The molecular formula is C29H33B2FN5O3. The van der Waals surface area contributed by atoms with Crippen LogP contribution in [0.3, 0.4) is 0 Å². The minimum atomic E-state index is -0.769. The van der Waals surface area contributed by atoms with Crippen LogP contribution in [0.5, 0.6) is 0 Å². The van der Waals surface area contributed by atoms with Gasteiger partial charge in [-0.1, -0.05) is 68.4 Å². The third-order valence-corrected chi connectivity index (χ3v) is 7.88. The lowest BCUT2D eigenvalue weighted by atomic mass is 9.53. The summed E-state index contributed by atoms with van der Waals surface area (Å²) in [5.74, 6) is -0.0429. The van der Waals surface area contributed by atoms with E-state index in [1.54, 1.807) is 23.1 Å². The topological polar surface area (TPSA) is 94.2 Å². The maximum Gasteiger partial charge on any atom is 0.234 e. The van der Waals surface area contributed by atoms with Gasteiger partial charge in [0.15, 0.2) is 5.66 Å². The minimum Gasteiger partial charge on any atom is -0.391 e. The summed E-state index contributed by atoms with van der Waals surface area (Å²) < 4.78 is 19.8. The van der Waals surface area contributed by atoms with E-state index in [-0.39, 0.29) is 24.2 Å². The molecule has 2 aliphatic rings. The number of likely N-dealkylation sites (tertiary alicyclic amines) is 1. The van der Waals surface area contributed by atoms with Crippen molar-refractivity contribution in [1.82, 2.24) is 20.5 Å². The number of halogens is 1. The van der Waals surface area contributed by atoms with Gasteiger partial charge in [-0.15, -0.1) is 0 Å². The molecule has 1 fully saturated rings. The van der Waals surface area contributed by atoms with Crippen LogP contribution in [0.4, 0.5) is 4.39 Å². The number of carbonyl (C=O) groups is 1. The van der Waals surface area contributed by atoms with Crippen LogP contribution in [0, 0.1) is 11.7 Å². The number of nitrogens with zero attached hydrogens (tertiary/aromatic N) is 4. The van der Waals surface area contributed by atoms with Crippen LogP contribution in [0.15, 0.2) is 64.1 Å². The molecule has 3 heterocycles. The van der Waals surface area contributed by atoms with E-state index >= 15 is 0 Å². The molecule has 1 aromatic heterocycles. The average molecular weight is 540 g/mol. The van der Waals surface area contributed by atoms with Crippen molar-refractivity contribution >= 4 is 32.2 Å². The summed E-state index contributed by atoms with van der Waals surface area (Å²) in [6.07, 6.45) is -0.323. The first-order valence-corrected chi connectivity index (χ1v) is 13.7. The minimum absolute atomic E-state index is 0.0756. The summed E-state index contributed by atoms with van der Waals surface area (Å²) in [5, 5.41) is 16.6. The van der Waals surface area contributed by atoms with Gasteiger partial charge in [0.05, 0.1) is 12.1 Å². The Labute approximate surface area is 236 Å². The average Bonchev–Trinajstić information content (AvgIpc) is 3.66. The normalized spacial score (nSPS) is 23.8. The van der Waals surface area contributed by atoms with Gasteiger partial charge in [-0.2, -0.15) is 5.01 Å². The van der Waals surface area contributed by atoms with E-state index in [0.717, 1.165) is 11.1 Å². The van der Waals surface area contributed by atoms with Crippen molar-refractivity contribution < 1.29 is 18.8 Å². The van der Waals surface area contributed by atoms with Crippen LogP contribution >= 0.6 is 0 Å². The highest BCUT2D eigenvalue weighted by Gasteiger charge is 2.47. The fraction of sp³-hybridized carbons (Fsp3) is 0.414. The number of aliphatic imine (C=N–C) groups is 1. The van der Waals surface area contributed by atoms with Gasteiger partial charge in [0.1, 0.15) is 30.5 Å². The largest absolute Gasteiger partial charge is 0.391 e. The monoisotopic (exact) mass is 540 g/mol. The SMILES string of the molecule is [B][B]c1cc(C(C(=O)N2C[C@H](O)C[C@H]2C2=N[C@@](C)(c3ccc(-c4ccccc4F)cc3)N(CC)N2)C(C)C)on1. The predicted octanol–water partition coefficient (Wildman–Crippen LogP) is 2.71. The first kappa shape index (κ1) is 28.1. The number of aliphatic hydroxyl groups is 1. The molecular weight excluding hydrogens is 507 g/mol. The van der Waals surface area contributed by atoms with Gasteiger partial charge in [0.2, 0.25) is 5.91 Å². The number of rotatable bonds is 8. The van der Waals surface area contributed by atoms with Crippen molar-refractivity contribution in [2.24, 2.45) is 10.9 Å². The third kappa shape index (κ3) is 5.08. The van der Waals surface area contributed by atoms with Crippen molar-refractivity contribution in [2.45, 2.75) is 57.8 Å². The van der Waals surface area contributed by atoms with Crippen LogP contribution < -0.4 is 11.0 Å². The van der Waals surface area contributed by atoms with E-state index in [2.05, 4.69) is 10.6 Å². The molecule has 3 aromatic rings. The van der Waals surface area contributed by atoms with Gasteiger partial charge in [0.25, 0.3) is 0 Å². The Balaban J connectivity index is 1.45. The van der Waals surface area contributed by atoms with Crippen LogP contribution in [0.25, 0.3) is 11.1 Å². The number of nitrogens with one attached hydrogen (secondary N) is 1. The molecule has 40 heavy (non-hydrogen) atoms. The number of benzene rings is 2. The van der Waals surface area contributed by atoms with Crippen molar-refractivity contribution in [3.63, 3.8) is 0 Å². The Morgan fingerprint density at radius 2 is 2.00 bits per heavy atom. The molecule has 4 atom stereocenters. The Morgan fingerprint density at radius 3 is 2.62 bits per heavy atom. The molecule has 0 aliphatic carbocycles. The molecule has 2 aromatic carbocycles. The zero-order valence-electron chi connectivity index (χ0n) is 23.2. The van der Waals surface area contributed by atoms with E-state index in [1.807, 2.05) is 63.0 Å². The number of hydrogen-bond donors (Lipinski definition) is 2. The Kier molecular flexibility index (Phi) is 7.88. The molecule has 0 spiro atoms. The van der Waals surface area contributed by atoms with Crippen LogP contribution in [-0.2, 0) is 10.5 Å². The fourth-order valence-electron chi connectivity index (χ4n) is 5.74. The van der Waals surface area contributed by atoms with Gasteiger partial charge in [-0.3, -0.25) is 4.79 Å². The second-order valence-corrected chi connectivity index (χ2v) is 10.9. The maximum atomic E-state index is 14.4. The molecule has 205 valence electrons. The second kappa shape index (κ2) is 11.2. The molecule has 0 saturated carbocycles.